The summed E-state index contributed by atoms with van der Waals surface area (Å²) in [5.74, 6) is -1.39. The maximum Gasteiger partial charge on any atom is 0.242 e. The summed E-state index contributed by atoms with van der Waals surface area (Å²) in [6.45, 7) is 3.79. The maximum absolute atomic E-state index is 14.1. The second kappa shape index (κ2) is 10.1. The van der Waals surface area contributed by atoms with Gasteiger partial charge in [0, 0.05) is 39.3 Å². The van der Waals surface area contributed by atoms with Crippen LogP contribution in [-0.2, 0) is 22.6 Å². The number of amides is 2. The predicted molar refractivity (Wildman–Crippen MR) is 110 cm³/mol. The average Bonchev–Trinajstić information content (AvgIpc) is 2.64. The molecule has 2 amide bonds. The van der Waals surface area contributed by atoms with E-state index in [2.05, 4.69) is 5.32 Å². The van der Waals surface area contributed by atoms with Gasteiger partial charge < -0.3 is 10.2 Å². The minimum atomic E-state index is -0.815. The molecule has 0 heterocycles. The van der Waals surface area contributed by atoms with Gasteiger partial charge in [0.15, 0.2) is 0 Å². The van der Waals surface area contributed by atoms with Crippen LogP contribution in [-0.4, -0.2) is 29.3 Å². The summed E-state index contributed by atoms with van der Waals surface area (Å²) in [6, 6.07) is 8.38. The molecule has 0 bridgehead atoms. The average molecular weight is 446 g/mol. The lowest BCUT2D eigenvalue weighted by atomic mass is 10.1. The van der Waals surface area contributed by atoms with Gasteiger partial charge in [-0.2, -0.15) is 0 Å². The van der Waals surface area contributed by atoms with Crippen LogP contribution in [0.4, 0.5) is 4.39 Å². The topological polar surface area (TPSA) is 49.4 Å². The molecular weight excluding hydrogens is 426 g/mol. The lowest BCUT2D eigenvalue weighted by molar-refractivity contribution is -0.140. The molecule has 0 aliphatic heterocycles. The molecule has 1 atom stereocenters. The Kier molecular flexibility index (Phi) is 8.10. The molecule has 1 unspecified atom stereocenters. The highest BCUT2D eigenvalue weighted by molar-refractivity contribution is 6.36. The number of rotatable bonds is 7. The van der Waals surface area contributed by atoms with E-state index >= 15 is 0 Å². The number of carbonyl (C=O) groups is 2. The van der Waals surface area contributed by atoms with Gasteiger partial charge in [0.05, 0.1) is 6.42 Å². The molecule has 0 saturated carbocycles. The van der Waals surface area contributed by atoms with Gasteiger partial charge in [-0.25, -0.2) is 4.39 Å². The Hall–Kier alpha value is -1.82. The van der Waals surface area contributed by atoms with Crippen molar-refractivity contribution in [1.29, 1.82) is 0 Å². The van der Waals surface area contributed by atoms with E-state index in [4.69, 9.17) is 34.8 Å². The molecule has 0 saturated heterocycles. The van der Waals surface area contributed by atoms with E-state index in [0.717, 1.165) is 0 Å². The van der Waals surface area contributed by atoms with E-state index in [-0.39, 0.29) is 29.5 Å². The Bertz CT molecular complexity index is 836. The number of benzene rings is 2. The van der Waals surface area contributed by atoms with Crippen molar-refractivity contribution in [1.82, 2.24) is 10.2 Å². The summed E-state index contributed by atoms with van der Waals surface area (Å²) in [5.41, 5.74) is 0.586. The second-order valence-electron chi connectivity index (χ2n) is 6.17. The smallest absolute Gasteiger partial charge is 0.242 e. The van der Waals surface area contributed by atoms with E-state index < -0.39 is 17.8 Å². The molecule has 0 spiro atoms. The lowest BCUT2D eigenvalue weighted by Crippen LogP contribution is -2.48. The standard InChI is InChI=1S/C20H20Cl3FN2O2/c1-3-25-20(28)12(2)26(11-14-16(22)6-4-7-17(14)23)19(27)10-13-15(21)8-5-9-18(13)24/h4-9,12H,3,10-11H2,1-2H3,(H,25,28). The van der Waals surface area contributed by atoms with E-state index in [1.54, 1.807) is 32.0 Å². The summed E-state index contributed by atoms with van der Waals surface area (Å²) < 4.78 is 14.1. The van der Waals surface area contributed by atoms with Gasteiger partial charge in [-0.05, 0) is 38.1 Å². The van der Waals surface area contributed by atoms with Crippen LogP contribution in [0.5, 0.6) is 0 Å². The largest absolute Gasteiger partial charge is 0.355 e. The van der Waals surface area contributed by atoms with Crippen molar-refractivity contribution in [2.75, 3.05) is 6.54 Å². The number of hydrogen-bond donors (Lipinski definition) is 1. The van der Waals surface area contributed by atoms with Crippen LogP contribution < -0.4 is 5.32 Å². The third kappa shape index (κ3) is 5.37. The third-order valence-corrected chi connectivity index (χ3v) is 5.36. The first kappa shape index (κ1) is 22.5. The molecule has 28 heavy (non-hydrogen) atoms. The monoisotopic (exact) mass is 444 g/mol. The van der Waals surface area contributed by atoms with E-state index in [1.807, 2.05) is 0 Å². The van der Waals surface area contributed by atoms with Crippen molar-refractivity contribution >= 4 is 46.6 Å². The minimum absolute atomic E-state index is 0.00170. The SMILES string of the molecule is CCNC(=O)C(C)N(Cc1c(Cl)cccc1Cl)C(=O)Cc1c(F)cccc1Cl. The molecular formula is C20H20Cl3FN2O2. The molecule has 2 aromatic rings. The molecule has 0 aromatic heterocycles. The highest BCUT2D eigenvalue weighted by Crippen LogP contribution is 2.27. The number of halogens is 4. The fourth-order valence-electron chi connectivity index (χ4n) is 2.71. The van der Waals surface area contributed by atoms with Crippen LogP contribution in [0.25, 0.3) is 0 Å². The first-order chi connectivity index (χ1) is 13.3. The van der Waals surface area contributed by atoms with Crippen LogP contribution in [0.3, 0.4) is 0 Å². The highest BCUT2D eigenvalue weighted by atomic mass is 35.5. The van der Waals surface area contributed by atoms with Crippen LogP contribution in [0.15, 0.2) is 36.4 Å². The normalized spacial score (nSPS) is 11.8. The van der Waals surface area contributed by atoms with Crippen molar-refractivity contribution in [3.8, 4) is 0 Å². The number of nitrogens with zero attached hydrogens (tertiary/aromatic N) is 1. The zero-order valence-electron chi connectivity index (χ0n) is 15.4. The van der Waals surface area contributed by atoms with Gasteiger partial charge in [-0.3, -0.25) is 9.59 Å². The fourth-order valence-corrected chi connectivity index (χ4v) is 3.46. The van der Waals surface area contributed by atoms with Crippen molar-refractivity contribution in [3.05, 3.63) is 68.4 Å². The first-order valence-electron chi connectivity index (χ1n) is 8.69. The number of likely N-dealkylation sites (N-methyl/N-ethyl adjacent to an activating group) is 1. The van der Waals surface area contributed by atoms with Crippen molar-refractivity contribution in [2.24, 2.45) is 0 Å². The Balaban J connectivity index is 2.37. The maximum atomic E-state index is 14.1. The minimum Gasteiger partial charge on any atom is -0.355 e. The summed E-state index contributed by atoms with van der Waals surface area (Å²) >= 11 is 18.5. The van der Waals surface area contributed by atoms with Gasteiger partial charge in [0.25, 0.3) is 0 Å². The van der Waals surface area contributed by atoms with Crippen molar-refractivity contribution < 1.29 is 14.0 Å². The summed E-state index contributed by atoms with van der Waals surface area (Å²) in [7, 11) is 0. The molecule has 8 heteroatoms. The molecule has 0 fully saturated rings. The highest BCUT2D eigenvalue weighted by Gasteiger charge is 2.28. The van der Waals surface area contributed by atoms with Gasteiger partial charge in [-0.1, -0.05) is 46.9 Å². The Morgan fingerprint density at radius 3 is 2.11 bits per heavy atom. The van der Waals surface area contributed by atoms with Crippen LogP contribution in [0.1, 0.15) is 25.0 Å². The molecule has 2 aromatic carbocycles. The Labute approximate surface area is 178 Å². The number of carbonyl (C=O) groups excluding carboxylic acids is 2. The van der Waals surface area contributed by atoms with Crippen molar-refractivity contribution in [2.45, 2.75) is 32.9 Å². The van der Waals surface area contributed by atoms with Crippen LogP contribution in [0, 0.1) is 5.82 Å². The fraction of sp³-hybridized carbons (Fsp3) is 0.300. The van der Waals surface area contributed by atoms with E-state index in [1.165, 1.54) is 23.1 Å². The van der Waals surface area contributed by atoms with Gasteiger partial charge in [-0.15, -0.1) is 0 Å². The predicted octanol–water partition coefficient (Wildman–Crippen LogP) is 4.88. The van der Waals surface area contributed by atoms with E-state index in [9.17, 15) is 14.0 Å². The quantitative estimate of drug-likeness (QED) is 0.660. The Morgan fingerprint density at radius 2 is 1.57 bits per heavy atom. The Morgan fingerprint density at radius 1 is 1.04 bits per heavy atom. The van der Waals surface area contributed by atoms with Gasteiger partial charge in [0.2, 0.25) is 11.8 Å². The molecule has 0 aliphatic rings. The zero-order valence-corrected chi connectivity index (χ0v) is 17.7. The zero-order chi connectivity index (χ0) is 20.8. The molecule has 2 rings (SSSR count). The molecule has 4 nitrogen and oxygen atoms in total. The molecule has 0 radical (unpaired) electrons. The van der Waals surface area contributed by atoms with Crippen LogP contribution in [0.2, 0.25) is 15.1 Å². The molecule has 150 valence electrons. The van der Waals surface area contributed by atoms with Gasteiger partial charge >= 0.3 is 0 Å². The van der Waals surface area contributed by atoms with Crippen LogP contribution >= 0.6 is 34.8 Å². The third-order valence-electron chi connectivity index (χ3n) is 4.30. The van der Waals surface area contributed by atoms with Gasteiger partial charge in [0.1, 0.15) is 11.9 Å². The summed E-state index contributed by atoms with van der Waals surface area (Å²) in [6.07, 6.45) is -0.294. The number of hydrogen-bond acceptors (Lipinski definition) is 2. The molecule has 1 N–H and O–H groups in total. The summed E-state index contributed by atoms with van der Waals surface area (Å²) in [5, 5.41) is 3.58. The second-order valence-corrected chi connectivity index (χ2v) is 7.39. The first-order valence-corrected chi connectivity index (χ1v) is 9.82. The van der Waals surface area contributed by atoms with E-state index in [0.29, 0.717) is 22.2 Å². The summed E-state index contributed by atoms with van der Waals surface area (Å²) in [4.78, 5) is 26.7. The number of nitrogens with one attached hydrogen (secondary N) is 1. The molecule has 0 aliphatic carbocycles. The lowest BCUT2D eigenvalue weighted by Gasteiger charge is -2.29. The van der Waals surface area contributed by atoms with Crippen molar-refractivity contribution in [3.63, 3.8) is 0 Å².